The van der Waals surface area contributed by atoms with E-state index in [1.54, 1.807) is 6.20 Å². The van der Waals surface area contributed by atoms with Crippen LogP contribution in [0, 0.1) is 12.8 Å². The van der Waals surface area contributed by atoms with E-state index in [9.17, 15) is 4.79 Å². The number of rotatable bonds is 3. The topological polar surface area (TPSA) is 46.1 Å². The molecule has 0 fully saturated rings. The molecule has 4 heteroatoms. The Labute approximate surface area is 90.3 Å². The number of aromatic nitrogens is 2. The monoisotopic (exact) mass is 207 g/mol. The van der Waals surface area contributed by atoms with Gasteiger partial charge in [-0.15, -0.1) is 0 Å². The molecule has 1 aromatic heterocycles. The molecule has 0 amide bonds. The number of hydrogen-bond acceptors (Lipinski definition) is 4. The summed E-state index contributed by atoms with van der Waals surface area (Å²) in [5, 5.41) is 0. The third kappa shape index (κ3) is 2.52. The highest BCUT2D eigenvalue weighted by molar-refractivity contribution is 5.98. The molecular weight excluding hydrogens is 190 g/mol. The van der Waals surface area contributed by atoms with Crippen LogP contribution in [0.2, 0.25) is 0 Å². The van der Waals surface area contributed by atoms with E-state index in [1.807, 2.05) is 39.8 Å². The van der Waals surface area contributed by atoms with Crippen LogP contribution in [0.15, 0.2) is 6.20 Å². The molecule has 0 aliphatic rings. The molecule has 1 aromatic rings. The minimum Gasteiger partial charge on any atom is -0.347 e. The zero-order valence-corrected chi connectivity index (χ0v) is 9.90. The van der Waals surface area contributed by atoms with Crippen molar-refractivity contribution < 1.29 is 4.79 Å². The van der Waals surface area contributed by atoms with Crippen LogP contribution in [0.25, 0.3) is 0 Å². The fraction of sp³-hybridized carbons (Fsp3) is 0.545. The van der Waals surface area contributed by atoms with E-state index in [1.165, 1.54) is 0 Å². The van der Waals surface area contributed by atoms with Crippen molar-refractivity contribution in [3.63, 3.8) is 0 Å². The van der Waals surface area contributed by atoms with Gasteiger partial charge in [0.25, 0.3) is 0 Å². The lowest BCUT2D eigenvalue weighted by Gasteiger charge is -2.12. The van der Waals surface area contributed by atoms with Gasteiger partial charge in [-0.05, 0) is 6.92 Å². The van der Waals surface area contributed by atoms with Crippen molar-refractivity contribution in [1.82, 2.24) is 9.97 Å². The Hall–Kier alpha value is -1.45. The van der Waals surface area contributed by atoms with E-state index in [-0.39, 0.29) is 11.7 Å². The van der Waals surface area contributed by atoms with Crippen LogP contribution in [-0.4, -0.2) is 29.8 Å². The van der Waals surface area contributed by atoms with Gasteiger partial charge in [-0.2, -0.15) is 0 Å². The molecule has 1 heterocycles. The van der Waals surface area contributed by atoms with E-state index in [2.05, 4.69) is 9.97 Å². The van der Waals surface area contributed by atoms with E-state index >= 15 is 0 Å². The molecule has 0 bridgehead atoms. The predicted molar refractivity (Wildman–Crippen MR) is 60.3 cm³/mol. The summed E-state index contributed by atoms with van der Waals surface area (Å²) in [6, 6.07) is 0. The summed E-state index contributed by atoms with van der Waals surface area (Å²) < 4.78 is 0. The van der Waals surface area contributed by atoms with E-state index in [0.717, 1.165) is 5.69 Å². The second-order valence-electron chi connectivity index (χ2n) is 4.08. The lowest BCUT2D eigenvalue weighted by atomic mass is 10.0. The van der Waals surface area contributed by atoms with E-state index < -0.39 is 0 Å². The first-order valence-corrected chi connectivity index (χ1v) is 4.98. The molecule has 0 aliphatic carbocycles. The van der Waals surface area contributed by atoms with Crippen LogP contribution in [0.1, 0.15) is 29.9 Å². The Balaban J connectivity index is 3.08. The second kappa shape index (κ2) is 4.38. The highest BCUT2D eigenvalue weighted by atomic mass is 16.1. The van der Waals surface area contributed by atoms with Gasteiger partial charge in [0, 0.05) is 26.2 Å². The first kappa shape index (κ1) is 11.6. The molecule has 0 unspecified atom stereocenters. The first-order valence-electron chi connectivity index (χ1n) is 4.98. The molecule has 0 N–H and O–H groups in total. The largest absolute Gasteiger partial charge is 0.347 e. The molecule has 4 nitrogen and oxygen atoms in total. The number of carbonyl (C=O) groups excluding carboxylic acids is 1. The normalized spacial score (nSPS) is 10.5. The number of carbonyl (C=O) groups is 1. The first-order chi connectivity index (χ1) is 6.93. The molecule has 0 aliphatic heterocycles. The Morgan fingerprint density at radius 1 is 1.40 bits per heavy atom. The lowest BCUT2D eigenvalue weighted by Crippen LogP contribution is -2.16. The van der Waals surface area contributed by atoms with Gasteiger partial charge in [-0.3, -0.25) is 4.79 Å². The fourth-order valence-electron chi connectivity index (χ4n) is 1.22. The van der Waals surface area contributed by atoms with Crippen molar-refractivity contribution in [2.75, 3.05) is 19.0 Å². The van der Waals surface area contributed by atoms with Gasteiger partial charge < -0.3 is 4.90 Å². The number of aryl methyl sites for hydroxylation is 1. The predicted octanol–water partition coefficient (Wildman–Crippen LogP) is 1.69. The average Bonchev–Trinajstić information content (AvgIpc) is 2.16. The molecule has 0 saturated carbocycles. The number of hydrogen-bond donors (Lipinski definition) is 0. The molecule has 82 valence electrons. The Bertz CT molecular complexity index is 372. The summed E-state index contributed by atoms with van der Waals surface area (Å²) in [6.07, 6.45) is 1.61. The molecule has 0 aromatic carbocycles. The smallest absolute Gasteiger partial charge is 0.225 e. The molecule has 1 rings (SSSR count). The van der Waals surface area contributed by atoms with E-state index in [4.69, 9.17) is 0 Å². The van der Waals surface area contributed by atoms with Crippen LogP contribution in [0.4, 0.5) is 5.95 Å². The third-order valence-corrected chi connectivity index (χ3v) is 2.16. The van der Waals surface area contributed by atoms with Gasteiger partial charge in [0.15, 0.2) is 5.78 Å². The number of nitrogens with zero attached hydrogens (tertiary/aromatic N) is 3. The highest BCUT2D eigenvalue weighted by Gasteiger charge is 2.15. The lowest BCUT2D eigenvalue weighted by molar-refractivity contribution is 0.0938. The molecule has 0 spiro atoms. The zero-order valence-electron chi connectivity index (χ0n) is 9.90. The summed E-state index contributed by atoms with van der Waals surface area (Å²) in [4.78, 5) is 22.0. The minimum atomic E-state index is -0.0162. The molecular formula is C11H17N3O. The highest BCUT2D eigenvalue weighted by Crippen LogP contribution is 2.13. The zero-order chi connectivity index (χ0) is 11.6. The van der Waals surface area contributed by atoms with Gasteiger partial charge in [-0.25, -0.2) is 9.97 Å². The van der Waals surface area contributed by atoms with Crippen LogP contribution in [0.3, 0.4) is 0 Å². The Kier molecular flexibility index (Phi) is 3.39. The van der Waals surface area contributed by atoms with Crippen molar-refractivity contribution in [2.45, 2.75) is 20.8 Å². The maximum Gasteiger partial charge on any atom is 0.225 e. The molecule has 0 saturated heterocycles. The number of anilines is 1. The Morgan fingerprint density at radius 3 is 2.40 bits per heavy atom. The second-order valence-corrected chi connectivity index (χ2v) is 4.08. The fourth-order valence-corrected chi connectivity index (χ4v) is 1.22. The van der Waals surface area contributed by atoms with Crippen molar-refractivity contribution in [3.05, 3.63) is 17.5 Å². The van der Waals surface area contributed by atoms with Gasteiger partial charge in [0.2, 0.25) is 5.95 Å². The van der Waals surface area contributed by atoms with Crippen molar-refractivity contribution in [2.24, 2.45) is 5.92 Å². The van der Waals surface area contributed by atoms with Gasteiger partial charge in [-0.1, -0.05) is 13.8 Å². The van der Waals surface area contributed by atoms with Crippen molar-refractivity contribution >= 4 is 11.7 Å². The van der Waals surface area contributed by atoms with Crippen LogP contribution >= 0.6 is 0 Å². The average molecular weight is 207 g/mol. The van der Waals surface area contributed by atoms with Crippen LogP contribution in [0.5, 0.6) is 0 Å². The number of Topliss-reactive ketones (excluding diaryl/α,β-unsaturated/α-hetero) is 1. The van der Waals surface area contributed by atoms with E-state index in [0.29, 0.717) is 11.5 Å². The maximum absolute atomic E-state index is 11.8. The molecule has 0 radical (unpaired) electrons. The molecule has 0 atom stereocenters. The molecule has 15 heavy (non-hydrogen) atoms. The van der Waals surface area contributed by atoms with Crippen LogP contribution < -0.4 is 4.90 Å². The standard InChI is InChI=1S/C11H17N3O/c1-7(2)10(15)9-6-12-11(14(4)5)13-8(9)3/h6-7H,1-5H3. The SMILES string of the molecule is Cc1nc(N(C)C)ncc1C(=O)C(C)C. The maximum atomic E-state index is 11.8. The quantitative estimate of drug-likeness (QED) is 0.708. The Morgan fingerprint density at radius 2 is 2.00 bits per heavy atom. The minimum absolute atomic E-state index is 0.0162. The summed E-state index contributed by atoms with van der Waals surface area (Å²) in [6.45, 7) is 5.59. The van der Waals surface area contributed by atoms with Crippen molar-refractivity contribution in [1.29, 1.82) is 0 Å². The van der Waals surface area contributed by atoms with Gasteiger partial charge >= 0.3 is 0 Å². The third-order valence-electron chi connectivity index (χ3n) is 2.16. The summed E-state index contributed by atoms with van der Waals surface area (Å²) in [5.74, 6) is 0.711. The summed E-state index contributed by atoms with van der Waals surface area (Å²) in [5.41, 5.74) is 1.36. The van der Waals surface area contributed by atoms with Crippen LogP contribution in [-0.2, 0) is 0 Å². The van der Waals surface area contributed by atoms with Crippen molar-refractivity contribution in [3.8, 4) is 0 Å². The van der Waals surface area contributed by atoms with Gasteiger partial charge in [0.05, 0.1) is 11.3 Å². The number of ketones is 1. The summed E-state index contributed by atoms with van der Waals surface area (Å²) in [7, 11) is 3.75. The summed E-state index contributed by atoms with van der Waals surface area (Å²) >= 11 is 0. The van der Waals surface area contributed by atoms with Gasteiger partial charge in [0.1, 0.15) is 0 Å².